The number of imidazole rings is 1. The summed E-state index contributed by atoms with van der Waals surface area (Å²) in [5, 5.41) is 0. The van der Waals surface area contributed by atoms with Crippen molar-refractivity contribution in [3.8, 4) is 0 Å². The molecule has 2 aromatic rings. The van der Waals surface area contributed by atoms with Crippen LogP contribution in [0.2, 0.25) is 0 Å². The van der Waals surface area contributed by atoms with Crippen LogP contribution in [0.3, 0.4) is 0 Å². The maximum Gasteiger partial charge on any atom is 0.490 e. The van der Waals surface area contributed by atoms with Gasteiger partial charge in [0.1, 0.15) is 11.8 Å². The van der Waals surface area contributed by atoms with Gasteiger partial charge in [-0.05, 0) is 23.7 Å². The molecule has 0 saturated heterocycles. The number of aromatic nitrogens is 4. The smallest absolute Gasteiger partial charge is 0.382 e. The molecule has 2 aliphatic rings. The number of nitrogens with two attached hydrogens (primary N) is 1. The lowest BCUT2D eigenvalue weighted by Crippen LogP contribution is -2.28. The Kier molecular flexibility index (Phi) is 5.27. The highest BCUT2D eigenvalue weighted by Gasteiger charge is 2.69. The molecular weight excluding hydrogens is 479 g/mol. The molecule has 2 aromatic heterocycles. The van der Waals surface area contributed by atoms with Crippen LogP contribution in [-0.2, 0) is 26.8 Å². The fraction of sp³-hybridized carbons (Fsp3) is 0.615. The van der Waals surface area contributed by atoms with E-state index in [0.29, 0.717) is 17.6 Å². The highest BCUT2D eigenvalue weighted by molar-refractivity contribution is 7.66. The van der Waals surface area contributed by atoms with Crippen LogP contribution in [0.5, 0.6) is 0 Å². The summed E-state index contributed by atoms with van der Waals surface area (Å²) < 4.78 is 48.8. The second kappa shape index (κ2) is 7.13. The lowest BCUT2D eigenvalue weighted by Gasteiger charge is -2.33. The Morgan fingerprint density at radius 1 is 1.10 bits per heavy atom. The Hall–Kier alpha value is -1.24. The molecule has 2 fully saturated rings. The minimum absolute atomic E-state index is 0.0948. The number of fused-ring (bicyclic) bond motifs is 2. The largest absolute Gasteiger partial charge is 0.490 e. The number of phosphoric ester groups is 1. The summed E-state index contributed by atoms with van der Waals surface area (Å²) in [5.41, 5.74) is 6.38. The summed E-state index contributed by atoms with van der Waals surface area (Å²) in [6, 6.07) is -0.0948. The molecule has 6 N–H and O–H groups in total. The second-order valence-electron chi connectivity index (χ2n) is 8.01. The van der Waals surface area contributed by atoms with Crippen molar-refractivity contribution in [3.63, 3.8) is 0 Å². The minimum Gasteiger partial charge on any atom is -0.382 e. The molecule has 0 spiro atoms. The molecule has 2 heterocycles. The van der Waals surface area contributed by atoms with Crippen molar-refractivity contribution in [3.05, 3.63) is 12.7 Å². The molecule has 4 unspecified atom stereocenters. The second-order valence-corrected chi connectivity index (χ2v) is 12.4. The molecule has 2 saturated carbocycles. The fourth-order valence-electron chi connectivity index (χ4n) is 4.55. The molecule has 0 amide bonds. The van der Waals surface area contributed by atoms with E-state index < -0.39 is 35.0 Å². The zero-order valence-electron chi connectivity index (χ0n) is 16.1. The monoisotopic (exact) mass is 499 g/mol. The maximum atomic E-state index is 12.1. The van der Waals surface area contributed by atoms with Gasteiger partial charge in [-0.3, -0.25) is 4.52 Å². The van der Waals surface area contributed by atoms with Crippen molar-refractivity contribution < 1.29 is 46.4 Å². The average molecular weight is 499 g/mol. The van der Waals surface area contributed by atoms with Gasteiger partial charge in [0.2, 0.25) is 0 Å². The van der Waals surface area contributed by atoms with E-state index in [1.807, 2.05) is 18.4 Å². The van der Waals surface area contributed by atoms with Gasteiger partial charge in [0.25, 0.3) is 0 Å². The first-order valence-electron chi connectivity index (χ1n) is 8.86. The summed E-state index contributed by atoms with van der Waals surface area (Å²) in [6.45, 7) is 3.86. The van der Waals surface area contributed by atoms with Crippen molar-refractivity contribution in [1.29, 1.82) is 0 Å². The zero-order chi connectivity index (χ0) is 23.0. The Morgan fingerprint density at radius 3 is 2.35 bits per heavy atom. The van der Waals surface area contributed by atoms with Gasteiger partial charge in [0.15, 0.2) is 11.5 Å². The summed E-state index contributed by atoms with van der Waals surface area (Å²) in [7, 11) is -16.2. The van der Waals surface area contributed by atoms with E-state index in [1.54, 1.807) is 6.33 Å². The standard InChI is InChI=1S/C13H20N5O10P3/c1-13(2)7(18-5-17-9-11(14)15-4-16-12(9)18)3-6-8(13)10(6)26-30(22,23)28-31(24,25)27-29(19,20)21/h4-8,10H,3H2,1-2H3,(H,22,23)(H,24,25)(H2,14,15,16)(H2,19,20,21)/t6-,7+,8?,10?/m0/s1. The molecule has 6 atom stereocenters. The molecule has 4 rings (SSSR count). The van der Waals surface area contributed by atoms with Crippen molar-refractivity contribution in [2.45, 2.75) is 32.4 Å². The van der Waals surface area contributed by atoms with E-state index >= 15 is 0 Å². The minimum atomic E-state index is -5.55. The number of hydrogen-bond donors (Lipinski definition) is 5. The number of anilines is 1. The van der Waals surface area contributed by atoms with Crippen LogP contribution in [0, 0.1) is 17.3 Å². The molecule has 18 heteroatoms. The lowest BCUT2D eigenvalue weighted by molar-refractivity contribution is 0.114. The molecule has 0 aromatic carbocycles. The van der Waals surface area contributed by atoms with Crippen molar-refractivity contribution in [1.82, 2.24) is 19.5 Å². The van der Waals surface area contributed by atoms with Crippen LogP contribution in [0.25, 0.3) is 11.2 Å². The first-order valence-corrected chi connectivity index (χ1v) is 13.4. The zero-order valence-corrected chi connectivity index (χ0v) is 18.8. The molecule has 0 aliphatic heterocycles. The third kappa shape index (κ3) is 4.36. The number of nitrogens with zero attached hydrogens (tertiary/aromatic N) is 4. The van der Waals surface area contributed by atoms with E-state index in [2.05, 4.69) is 23.6 Å². The predicted molar refractivity (Wildman–Crippen MR) is 103 cm³/mol. The van der Waals surface area contributed by atoms with Gasteiger partial charge in [-0.15, -0.1) is 0 Å². The first-order chi connectivity index (χ1) is 14.1. The third-order valence-corrected chi connectivity index (χ3v) is 9.54. The highest BCUT2D eigenvalue weighted by Crippen LogP contribution is 2.73. The summed E-state index contributed by atoms with van der Waals surface area (Å²) in [4.78, 5) is 48.7. The number of phosphoric acid groups is 3. The molecule has 0 bridgehead atoms. The Labute approximate surface area is 175 Å². The Bertz CT molecular complexity index is 1180. The van der Waals surface area contributed by atoms with E-state index in [1.165, 1.54) is 6.33 Å². The normalized spacial score (nSPS) is 31.2. The molecule has 15 nitrogen and oxygen atoms in total. The maximum absolute atomic E-state index is 12.1. The SMILES string of the molecule is CC1(C)C2C(OP(=O)(O)OP(=O)(O)OP(=O)(O)O)[C@H]2C[C@H]1n1cnc2c(N)ncnc21. The van der Waals surface area contributed by atoms with Gasteiger partial charge in [-0.2, -0.15) is 8.62 Å². The molecule has 31 heavy (non-hydrogen) atoms. The molecule has 172 valence electrons. The highest BCUT2D eigenvalue weighted by atomic mass is 31.3. The number of nitrogen functional groups attached to an aromatic ring is 1. The van der Waals surface area contributed by atoms with Gasteiger partial charge in [-0.1, -0.05) is 13.8 Å². The molecule has 2 aliphatic carbocycles. The van der Waals surface area contributed by atoms with Gasteiger partial charge in [0.05, 0.1) is 12.4 Å². The van der Waals surface area contributed by atoms with E-state index in [0.717, 1.165) is 0 Å². The Morgan fingerprint density at radius 2 is 1.77 bits per heavy atom. The van der Waals surface area contributed by atoms with Crippen LogP contribution in [-0.4, -0.2) is 45.2 Å². The molecule has 0 radical (unpaired) electrons. The van der Waals surface area contributed by atoms with Crippen LogP contribution in [0.15, 0.2) is 12.7 Å². The van der Waals surface area contributed by atoms with Crippen molar-refractivity contribution in [2.24, 2.45) is 17.3 Å². The van der Waals surface area contributed by atoms with Crippen molar-refractivity contribution >= 4 is 40.4 Å². The van der Waals surface area contributed by atoms with Crippen LogP contribution < -0.4 is 5.73 Å². The Balaban J connectivity index is 1.48. The average Bonchev–Trinajstić information content (AvgIpc) is 2.91. The van der Waals surface area contributed by atoms with Gasteiger partial charge in [0, 0.05) is 6.04 Å². The van der Waals surface area contributed by atoms with Crippen LogP contribution in [0.4, 0.5) is 5.82 Å². The van der Waals surface area contributed by atoms with E-state index in [-0.39, 0.29) is 23.7 Å². The fourth-order valence-corrected chi connectivity index (χ4v) is 7.80. The summed E-state index contributed by atoms with van der Waals surface area (Å²) >= 11 is 0. The van der Waals surface area contributed by atoms with Crippen molar-refractivity contribution in [2.75, 3.05) is 5.73 Å². The quantitative estimate of drug-likeness (QED) is 0.339. The first kappa shape index (κ1) is 22.9. The van der Waals surface area contributed by atoms with Crippen LogP contribution in [0.1, 0.15) is 26.3 Å². The third-order valence-electron chi connectivity index (χ3n) is 5.70. The number of hydrogen-bond acceptors (Lipinski definition) is 10. The number of rotatable bonds is 7. The lowest BCUT2D eigenvalue weighted by atomic mass is 9.82. The van der Waals surface area contributed by atoms with E-state index in [4.69, 9.17) is 20.0 Å². The van der Waals surface area contributed by atoms with Gasteiger partial charge < -0.3 is 29.9 Å². The molecular formula is C13H20N5O10P3. The van der Waals surface area contributed by atoms with Gasteiger partial charge >= 0.3 is 23.5 Å². The predicted octanol–water partition coefficient (Wildman–Crippen LogP) is 1.34. The van der Waals surface area contributed by atoms with Gasteiger partial charge in [-0.25, -0.2) is 28.6 Å². The van der Waals surface area contributed by atoms with E-state index in [9.17, 15) is 23.5 Å². The summed E-state index contributed by atoms with van der Waals surface area (Å²) in [6.07, 6.45) is 2.68. The summed E-state index contributed by atoms with van der Waals surface area (Å²) in [5.74, 6) is -0.143. The topological polar surface area (TPSA) is 229 Å². The van der Waals surface area contributed by atoms with Crippen LogP contribution >= 0.6 is 23.5 Å².